The lowest BCUT2D eigenvalue weighted by Gasteiger charge is -2.27. The fourth-order valence-corrected chi connectivity index (χ4v) is 2.42. The van der Waals surface area contributed by atoms with Gasteiger partial charge in [-0.25, -0.2) is 0 Å². The third-order valence-corrected chi connectivity index (χ3v) is 3.63. The Bertz CT molecular complexity index is 207. The van der Waals surface area contributed by atoms with E-state index in [1.54, 1.807) is 11.8 Å². The highest BCUT2D eigenvalue weighted by molar-refractivity contribution is 7.98. The molecule has 0 aromatic carbocycles. The van der Waals surface area contributed by atoms with Crippen LogP contribution < -0.4 is 10.6 Å². The number of amides is 1. The fraction of sp³-hybridized carbons (Fsp3) is 0.909. The largest absolute Gasteiger partial charge is 0.355 e. The van der Waals surface area contributed by atoms with Crippen molar-refractivity contribution in [3.63, 3.8) is 0 Å². The molecule has 2 N–H and O–H groups in total. The highest BCUT2D eigenvalue weighted by atomic mass is 32.2. The van der Waals surface area contributed by atoms with E-state index in [0.717, 1.165) is 45.0 Å². The maximum Gasteiger partial charge on any atom is 0.223 e. The second-order valence-electron chi connectivity index (χ2n) is 4.24. The maximum atomic E-state index is 11.6. The van der Waals surface area contributed by atoms with Crippen molar-refractivity contribution >= 4 is 17.7 Å². The van der Waals surface area contributed by atoms with E-state index < -0.39 is 0 Å². The van der Waals surface area contributed by atoms with Gasteiger partial charge in [0.2, 0.25) is 5.91 Å². The van der Waals surface area contributed by atoms with Gasteiger partial charge in [-0.05, 0) is 6.26 Å². The predicted molar refractivity (Wildman–Crippen MR) is 69.9 cm³/mol. The summed E-state index contributed by atoms with van der Waals surface area (Å²) in [6, 6.07) is 0. The molecule has 4 nitrogen and oxygen atoms in total. The highest BCUT2D eigenvalue weighted by Crippen LogP contribution is 2.03. The van der Waals surface area contributed by atoms with Gasteiger partial charge in [0.05, 0.1) is 0 Å². The van der Waals surface area contributed by atoms with Crippen molar-refractivity contribution in [1.82, 2.24) is 15.5 Å². The molecule has 1 saturated heterocycles. The summed E-state index contributed by atoms with van der Waals surface area (Å²) < 4.78 is 0. The van der Waals surface area contributed by atoms with E-state index in [1.807, 2.05) is 13.2 Å². The third-order valence-electron chi connectivity index (χ3n) is 2.80. The van der Waals surface area contributed by atoms with Gasteiger partial charge in [-0.3, -0.25) is 9.69 Å². The summed E-state index contributed by atoms with van der Waals surface area (Å²) in [6.45, 7) is 8.05. The van der Waals surface area contributed by atoms with Gasteiger partial charge in [0.15, 0.2) is 0 Å². The van der Waals surface area contributed by atoms with Gasteiger partial charge >= 0.3 is 0 Å². The fourth-order valence-electron chi connectivity index (χ4n) is 1.77. The number of nitrogens with one attached hydrogen (secondary N) is 2. The van der Waals surface area contributed by atoms with Crippen LogP contribution in [0.25, 0.3) is 0 Å². The molecule has 1 heterocycles. The summed E-state index contributed by atoms with van der Waals surface area (Å²) in [5, 5.41) is 6.32. The van der Waals surface area contributed by atoms with Crippen molar-refractivity contribution in [2.24, 2.45) is 5.92 Å². The van der Waals surface area contributed by atoms with Gasteiger partial charge in [-0.2, -0.15) is 11.8 Å². The quantitative estimate of drug-likeness (QED) is 0.692. The number of thioether (sulfide) groups is 1. The van der Waals surface area contributed by atoms with Crippen molar-refractivity contribution in [3.05, 3.63) is 0 Å². The molecule has 1 atom stereocenters. The Labute approximate surface area is 103 Å². The summed E-state index contributed by atoms with van der Waals surface area (Å²) in [6.07, 6.45) is 2.03. The zero-order valence-corrected chi connectivity index (χ0v) is 11.1. The van der Waals surface area contributed by atoms with Crippen molar-refractivity contribution in [1.29, 1.82) is 0 Å². The van der Waals surface area contributed by atoms with E-state index in [0.29, 0.717) is 0 Å². The van der Waals surface area contributed by atoms with Crippen LogP contribution in [0.5, 0.6) is 0 Å². The number of carbonyl (C=O) groups excluding carboxylic acids is 1. The first-order valence-electron chi connectivity index (χ1n) is 5.93. The Morgan fingerprint density at radius 3 is 2.81 bits per heavy atom. The van der Waals surface area contributed by atoms with E-state index in [2.05, 4.69) is 15.5 Å². The maximum absolute atomic E-state index is 11.6. The van der Waals surface area contributed by atoms with Crippen LogP contribution in [0, 0.1) is 5.92 Å². The van der Waals surface area contributed by atoms with Gasteiger partial charge in [0.25, 0.3) is 0 Å². The van der Waals surface area contributed by atoms with Crippen LogP contribution in [-0.2, 0) is 4.79 Å². The monoisotopic (exact) mass is 245 g/mol. The molecular formula is C11H23N3OS. The number of nitrogens with zero attached hydrogens (tertiary/aromatic N) is 1. The van der Waals surface area contributed by atoms with E-state index in [9.17, 15) is 4.79 Å². The lowest BCUT2D eigenvalue weighted by molar-refractivity contribution is -0.123. The molecule has 1 aliphatic rings. The van der Waals surface area contributed by atoms with Gasteiger partial charge in [0.1, 0.15) is 0 Å². The van der Waals surface area contributed by atoms with Crippen LogP contribution in [0.4, 0.5) is 0 Å². The summed E-state index contributed by atoms with van der Waals surface area (Å²) in [7, 11) is 0. The molecule has 0 radical (unpaired) electrons. The van der Waals surface area contributed by atoms with Gasteiger partial charge < -0.3 is 10.6 Å². The Kier molecular flexibility index (Phi) is 6.84. The van der Waals surface area contributed by atoms with Crippen molar-refractivity contribution in [2.45, 2.75) is 6.92 Å². The molecule has 0 aromatic heterocycles. The van der Waals surface area contributed by atoms with Crippen molar-refractivity contribution in [2.75, 3.05) is 51.3 Å². The number of hydrogen-bond acceptors (Lipinski definition) is 4. The van der Waals surface area contributed by atoms with Gasteiger partial charge in [-0.15, -0.1) is 0 Å². The molecule has 0 aromatic rings. The molecule has 1 fully saturated rings. The molecule has 1 amide bonds. The third kappa shape index (κ3) is 5.18. The molecule has 16 heavy (non-hydrogen) atoms. The standard InChI is InChI=1S/C11H23N3OS/c1-10(9-16-2)11(15)13-5-8-14-6-3-12-4-7-14/h10,12H,3-9H2,1-2H3,(H,13,15). The zero-order valence-electron chi connectivity index (χ0n) is 10.3. The topological polar surface area (TPSA) is 44.4 Å². The number of rotatable bonds is 6. The minimum atomic E-state index is 0.123. The summed E-state index contributed by atoms with van der Waals surface area (Å²) in [5.41, 5.74) is 0. The van der Waals surface area contributed by atoms with Gasteiger partial charge in [-0.1, -0.05) is 6.92 Å². The first kappa shape index (κ1) is 13.8. The SMILES string of the molecule is CSCC(C)C(=O)NCCN1CCNCC1. The van der Waals surface area contributed by atoms with Crippen LogP contribution in [-0.4, -0.2) is 62.1 Å². The Morgan fingerprint density at radius 2 is 2.19 bits per heavy atom. The molecule has 5 heteroatoms. The lowest BCUT2D eigenvalue weighted by Crippen LogP contribution is -2.46. The summed E-state index contributed by atoms with van der Waals surface area (Å²) >= 11 is 1.72. The molecule has 0 saturated carbocycles. The second-order valence-corrected chi connectivity index (χ2v) is 5.15. The lowest BCUT2D eigenvalue weighted by atomic mass is 10.2. The van der Waals surface area contributed by atoms with Crippen LogP contribution in [0.3, 0.4) is 0 Å². The molecule has 0 bridgehead atoms. The second kappa shape index (κ2) is 7.92. The number of piperazine rings is 1. The Balaban J connectivity index is 2.07. The average molecular weight is 245 g/mol. The van der Waals surface area contributed by atoms with Crippen LogP contribution in [0.15, 0.2) is 0 Å². The average Bonchev–Trinajstić information content (AvgIpc) is 2.30. The molecule has 1 rings (SSSR count). The number of hydrogen-bond donors (Lipinski definition) is 2. The van der Waals surface area contributed by atoms with Crippen LogP contribution in [0.1, 0.15) is 6.92 Å². The van der Waals surface area contributed by atoms with Crippen LogP contribution >= 0.6 is 11.8 Å². The zero-order chi connectivity index (χ0) is 11.8. The number of carbonyl (C=O) groups is 1. The highest BCUT2D eigenvalue weighted by Gasteiger charge is 2.13. The molecule has 0 spiro atoms. The van der Waals surface area contributed by atoms with Crippen molar-refractivity contribution in [3.8, 4) is 0 Å². The molecule has 0 aliphatic carbocycles. The molecule has 1 unspecified atom stereocenters. The van der Waals surface area contributed by atoms with Gasteiger partial charge in [0, 0.05) is 50.9 Å². The smallest absolute Gasteiger partial charge is 0.223 e. The Hall–Kier alpha value is -0.260. The predicted octanol–water partition coefficient (Wildman–Crippen LogP) is 0.00690. The normalized spacial score (nSPS) is 19.4. The summed E-state index contributed by atoms with van der Waals surface area (Å²) in [4.78, 5) is 14.0. The first-order chi connectivity index (χ1) is 7.74. The van der Waals surface area contributed by atoms with Crippen LogP contribution in [0.2, 0.25) is 0 Å². The van der Waals surface area contributed by atoms with E-state index in [4.69, 9.17) is 0 Å². The van der Waals surface area contributed by atoms with E-state index >= 15 is 0 Å². The van der Waals surface area contributed by atoms with Crippen molar-refractivity contribution < 1.29 is 4.79 Å². The minimum Gasteiger partial charge on any atom is -0.355 e. The summed E-state index contributed by atoms with van der Waals surface area (Å²) in [5.74, 6) is 1.21. The minimum absolute atomic E-state index is 0.123. The Morgan fingerprint density at radius 1 is 1.50 bits per heavy atom. The van der Waals surface area contributed by atoms with E-state index in [1.165, 1.54) is 0 Å². The first-order valence-corrected chi connectivity index (χ1v) is 7.33. The molecule has 94 valence electrons. The van der Waals surface area contributed by atoms with E-state index in [-0.39, 0.29) is 11.8 Å². The molecular weight excluding hydrogens is 222 g/mol. The molecule has 1 aliphatic heterocycles.